The van der Waals surface area contributed by atoms with Crippen molar-refractivity contribution in [1.29, 1.82) is 0 Å². The maximum atomic E-state index is 9.11. The molecule has 1 fully saturated rings. The number of hydrogen-bond donors (Lipinski definition) is 0. The summed E-state index contributed by atoms with van der Waals surface area (Å²) >= 11 is 0. The Morgan fingerprint density at radius 1 is 1.12 bits per heavy atom. The molecule has 2 rings (SSSR count). The highest BCUT2D eigenvalue weighted by Gasteiger charge is 2.14. The molecule has 1 saturated carbocycles. The quantitative estimate of drug-likeness (QED) is 0.580. The predicted molar refractivity (Wildman–Crippen MR) is 69.6 cm³/mol. The zero-order valence-electron chi connectivity index (χ0n) is 10.2. The smallest absolute Gasteiger partial charge is 0.297 e. The van der Waals surface area contributed by atoms with Gasteiger partial charge in [0.1, 0.15) is 0 Å². The van der Waals surface area contributed by atoms with Gasteiger partial charge in [0, 0.05) is 0 Å². The second kappa shape index (κ2) is 8.57. The minimum atomic E-state index is 0.312. The molecule has 0 spiro atoms. The molecule has 0 atom stereocenters. The van der Waals surface area contributed by atoms with Gasteiger partial charge in [-0.15, -0.1) is 0 Å². The molecule has 0 amide bonds. The molecule has 1 aromatic carbocycles. The van der Waals surface area contributed by atoms with Crippen molar-refractivity contribution >= 4 is 6.47 Å². The minimum Gasteiger partial charge on any atom is -0.437 e. The molecule has 0 bridgehead atoms. The number of rotatable bonds is 3. The van der Waals surface area contributed by atoms with Crippen LogP contribution in [-0.2, 0) is 9.53 Å². The molecule has 0 saturated heterocycles. The largest absolute Gasteiger partial charge is 0.437 e. The van der Waals surface area contributed by atoms with Gasteiger partial charge in [0.2, 0.25) is 0 Å². The lowest BCUT2D eigenvalue weighted by molar-refractivity contribution is -0.123. The van der Waals surface area contributed by atoms with Crippen LogP contribution in [0.3, 0.4) is 0 Å². The van der Waals surface area contributed by atoms with Gasteiger partial charge in [-0.25, -0.2) is 0 Å². The van der Waals surface area contributed by atoms with Crippen molar-refractivity contribution in [2.24, 2.45) is 0 Å². The Balaban J connectivity index is 0.000000249. The van der Waals surface area contributed by atoms with E-state index in [0.717, 1.165) is 12.2 Å². The van der Waals surface area contributed by atoms with E-state index in [2.05, 4.69) is 41.6 Å². The van der Waals surface area contributed by atoms with Gasteiger partial charge in [0.05, 0.1) is 6.26 Å². The van der Waals surface area contributed by atoms with Crippen LogP contribution in [0.15, 0.2) is 43.2 Å². The molecule has 17 heavy (non-hydrogen) atoms. The van der Waals surface area contributed by atoms with Gasteiger partial charge in [-0.2, -0.15) is 0 Å². The third kappa shape index (κ3) is 5.34. The van der Waals surface area contributed by atoms with Crippen molar-refractivity contribution < 1.29 is 9.53 Å². The lowest BCUT2D eigenvalue weighted by Crippen LogP contribution is -2.03. The molecule has 0 N–H and O–H groups in total. The maximum absolute atomic E-state index is 9.11. The third-order valence-electron chi connectivity index (χ3n) is 3.03. The minimum absolute atomic E-state index is 0.312. The second-order valence-electron chi connectivity index (χ2n) is 4.14. The maximum Gasteiger partial charge on any atom is 0.297 e. The van der Waals surface area contributed by atoms with Crippen LogP contribution in [0, 0.1) is 0 Å². The van der Waals surface area contributed by atoms with Crippen molar-refractivity contribution in [2.75, 3.05) is 0 Å². The predicted octanol–water partition coefficient (Wildman–Crippen LogP) is 4.04. The molecule has 0 aromatic heterocycles. The standard InChI is InChI=1S/C12H16.C3H4O2/c1-3-7-11(8-4-1)12-9-5-2-6-10-12;1-2-5-3-4/h1,3-4,7-8,12H,2,5-6,9-10H2;2-3H,1H2. The van der Waals surface area contributed by atoms with E-state index < -0.39 is 0 Å². The fourth-order valence-corrected chi connectivity index (χ4v) is 2.20. The fraction of sp³-hybridized carbons (Fsp3) is 0.400. The first-order valence-corrected chi connectivity index (χ1v) is 6.13. The first kappa shape index (κ1) is 13.5. The zero-order valence-corrected chi connectivity index (χ0v) is 10.2. The first-order valence-electron chi connectivity index (χ1n) is 6.13. The van der Waals surface area contributed by atoms with Gasteiger partial charge in [0.25, 0.3) is 6.47 Å². The van der Waals surface area contributed by atoms with Gasteiger partial charge < -0.3 is 4.74 Å². The Bertz CT molecular complexity index is 307. The normalized spacial score (nSPS) is 15.3. The molecule has 1 aliphatic carbocycles. The van der Waals surface area contributed by atoms with E-state index in [0.29, 0.717) is 6.47 Å². The number of carbonyl (C=O) groups excluding carboxylic acids is 1. The molecule has 92 valence electrons. The molecular formula is C15H20O2. The van der Waals surface area contributed by atoms with E-state index in [1.54, 1.807) is 5.56 Å². The number of carbonyl (C=O) groups is 1. The van der Waals surface area contributed by atoms with Gasteiger partial charge in [-0.3, -0.25) is 4.79 Å². The second-order valence-corrected chi connectivity index (χ2v) is 4.14. The summed E-state index contributed by atoms with van der Waals surface area (Å²) in [6.07, 6.45) is 8.18. The molecule has 2 nitrogen and oxygen atoms in total. The van der Waals surface area contributed by atoms with E-state index >= 15 is 0 Å². The van der Waals surface area contributed by atoms with Crippen molar-refractivity contribution in [3.05, 3.63) is 48.7 Å². The van der Waals surface area contributed by atoms with Crippen molar-refractivity contribution in [1.82, 2.24) is 0 Å². The summed E-state index contributed by atoms with van der Waals surface area (Å²) < 4.78 is 3.92. The summed E-state index contributed by atoms with van der Waals surface area (Å²) in [4.78, 5) is 9.11. The lowest BCUT2D eigenvalue weighted by atomic mass is 9.84. The van der Waals surface area contributed by atoms with Gasteiger partial charge in [-0.1, -0.05) is 56.2 Å². The highest BCUT2D eigenvalue weighted by Crippen LogP contribution is 2.31. The highest BCUT2D eigenvalue weighted by atomic mass is 16.5. The number of hydrogen-bond acceptors (Lipinski definition) is 2. The highest BCUT2D eigenvalue weighted by molar-refractivity contribution is 5.37. The average molecular weight is 232 g/mol. The number of benzene rings is 1. The van der Waals surface area contributed by atoms with Crippen molar-refractivity contribution in [3.63, 3.8) is 0 Å². The van der Waals surface area contributed by atoms with Crippen LogP contribution in [0.2, 0.25) is 0 Å². The first-order chi connectivity index (χ1) is 8.38. The molecular weight excluding hydrogens is 212 g/mol. The molecule has 0 aliphatic heterocycles. The molecule has 1 aromatic rings. The zero-order chi connectivity index (χ0) is 12.3. The Morgan fingerprint density at radius 2 is 1.76 bits per heavy atom. The average Bonchev–Trinajstić information content (AvgIpc) is 2.42. The monoisotopic (exact) mass is 232 g/mol. The van der Waals surface area contributed by atoms with Gasteiger partial charge in [-0.05, 0) is 24.3 Å². The topological polar surface area (TPSA) is 26.3 Å². The summed E-state index contributed by atoms with van der Waals surface area (Å²) in [5, 5.41) is 0. The Kier molecular flexibility index (Phi) is 6.80. The van der Waals surface area contributed by atoms with Crippen molar-refractivity contribution in [3.8, 4) is 0 Å². The molecule has 1 aliphatic rings. The third-order valence-corrected chi connectivity index (χ3v) is 3.03. The van der Waals surface area contributed by atoms with E-state index in [9.17, 15) is 0 Å². The summed E-state index contributed by atoms with van der Waals surface area (Å²) in [5.41, 5.74) is 1.55. The van der Waals surface area contributed by atoms with Crippen LogP contribution in [0.25, 0.3) is 0 Å². The van der Waals surface area contributed by atoms with Gasteiger partial charge in [0.15, 0.2) is 0 Å². The van der Waals surface area contributed by atoms with Crippen LogP contribution in [0.1, 0.15) is 43.6 Å². The van der Waals surface area contributed by atoms with E-state index in [1.807, 2.05) is 0 Å². The summed E-state index contributed by atoms with van der Waals surface area (Å²) in [7, 11) is 0. The van der Waals surface area contributed by atoms with E-state index in [-0.39, 0.29) is 0 Å². The van der Waals surface area contributed by atoms with Crippen molar-refractivity contribution in [2.45, 2.75) is 38.0 Å². The van der Waals surface area contributed by atoms with E-state index in [4.69, 9.17) is 4.79 Å². The molecule has 0 unspecified atom stereocenters. The Hall–Kier alpha value is -1.57. The SMILES string of the molecule is C=COC=O.c1ccc(C2CCCCC2)cc1. The summed E-state index contributed by atoms with van der Waals surface area (Å²) in [5.74, 6) is 0.861. The fourth-order valence-electron chi connectivity index (χ4n) is 2.20. The van der Waals surface area contributed by atoms with Crippen LogP contribution in [-0.4, -0.2) is 6.47 Å². The molecule has 2 heteroatoms. The summed E-state index contributed by atoms with van der Waals surface area (Å²) in [6.45, 7) is 3.41. The Morgan fingerprint density at radius 3 is 2.24 bits per heavy atom. The summed E-state index contributed by atoms with van der Waals surface area (Å²) in [6, 6.07) is 11.0. The van der Waals surface area contributed by atoms with Crippen LogP contribution >= 0.6 is 0 Å². The van der Waals surface area contributed by atoms with Crippen LogP contribution in [0.4, 0.5) is 0 Å². The van der Waals surface area contributed by atoms with Crippen LogP contribution < -0.4 is 0 Å². The number of ether oxygens (including phenoxy) is 1. The van der Waals surface area contributed by atoms with Gasteiger partial charge >= 0.3 is 0 Å². The van der Waals surface area contributed by atoms with E-state index in [1.165, 1.54) is 32.1 Å². The lowest BCUT2D eigenvalue weighted by Gasteiger charge is -2.21. The molecule has 0 heterocycles. The van der Waals surface area contributed by atoms with Crippen LogP contribution in [0.5, 0.6) is 0 Å². The Labute approximate surface area is 103 Å². The molecule has 0 radical (unpaired) electrons.